The Morgan fingerprint density at radius 2 is 1.44 bits per heavy atom. The fraction of sp³-hybridized carbons (Fsp3) is 0.0909. The summed E-state index contributed by atoms with van der Waals surface area (Å²) in [5.41, 5.74) is 3.93. The Hall–Kier alpha value is -3.05. The van der Waals surface area contributed by atoms with Gasteiger partial charge in [-0.1, -0.05) is 48.5 Å². The van der Waals surface area contributed by atoms with E-state index in [9.17, 15) is 4.79 Å². The number of carbonyl (C=O) groups excluding carboxylic acids is 1. The Balaban J connectivity index is 1.59. The standard InChI is InChI=1S/C22H19N3OS/c1-24-20-15-9-8-14-19(20)23-22(24)27-16-21(26)25(17-10-4-2-5-11-17)18-12-6-3-7-13-18/h2-15H,16H2,1H3/p+1. The van der Waals surface area contributed by atoms with Crippen LogP contribution < -0.4 is 9.47 Å². The number of aryl methyl sites for hydroxylation is 1. The Morgan fingerprint density at radius 3 is 2.04 bits per heavy atom. The first-order valence-electron chi connectivity index (χ1n) is 8.76. The van der Waals surface area contributed by atoms with E-state index in [1.54, 1.807) is 4.90 Å². The Morgan fingerprint density at radius 1 is 0.889 bits per heavy atom. The average Bonchev–Trinajstić information content (AvgIpc) is 3.04. The van der Waals surface area contributed by atoms with Gasteiger partial charge >= 0.3 is 5.16 Å². The number of hydrogen-bond donors (Lipinski definition) is 1. The van der Waals surface area contributed by atoms with E-state index in [0.717, 1.165) is 27.6 Å². The number of benzene rings is 3. The van der Waals surface area contributed by atoms with E-state index in [-0.39, 0.29) is 5.91 Å². The molecule has 134 valence electrons. The van der Waals surface area contributed by atoms with Gasteiger partial charge in [-0.2, -0.15) is 0 Å². The van der Waals surface area contributed by atoms with Crippen molar-refractivity contribution < 1.29 is 9.36 Å². The van der Waals surface area contributed by atoms with E-state index in [2.05, 4.69) is 15.6 Å². The molecule has 0 unspecified atom stereocenters. The number of aromatic nitrogens is 2. The summed E-state index contributed by atoms with van der Waals surface area (Å²) in [5.74, 6) is 0.376. The number of imidazole rings is 1. The van der Waals surface area contributed by atoms with Crippen molar-refractivity contribution in [1.29, 1.82) is 0 Å². The van der Waals surface area contributed by atoms with Crippen molar-refractivity contribution in [2.24, 2.45) is 7.05 Å². The van der Waals surface area contributed by atoms with Crippen molar-refractivity contribution in [3.63, 3.8) is 0 Å². The summed E-state index contributed by atoms with van der Waals surface area (Å²) in [6.07, 6.45) is 0. The highest BCUT2D eigenvalue weighted by atomic mass is 32.2. The number of rotatable bonds is 5. The Kier molecular flexibility index (Phi) is 4.94. The molecular formula is C22H20N3OS+. The zero-order valence-electron chi connectivity index (χ0n) is 15.0. The quantitative estimate of drug-likeness (QED) is 0.414. The molecule has 4 aromatic rings. The number of hydrogen-bond acceptors (Lipinski definition) is 2. The minimum atomic E-state index is 0.0380. The lowest BCUT2D eigenvalue weighted by atomic mass is 10.2. The molecule has 5 heteroatoms. The van der Waals surface area contributed by atoms with Gasteiger partial charge < -0.3 is 0 Å². The third kappa shape index (κ3) is 3.59. The van der Waals surface area contributed by atoms with Crippen LogP contribution in [0.1, 0.15) is 0 Å². The number of fused-ring (bicyclic) bond motifs is 1. The van der Waals surface area contributed by atoms with Crippen molar-refractivity contribution in [3.8, 4) is 0 Å². The van der Waals surface area contributed by atoms with E-state index in [4.69, 9.17) is 0 Å². The van der Waals surface area contributed by atoms with Gasteiger partial charge in [0, 0.05) is 11.4 Å². The topological polar surface area (TPSA) is 40.0 Å². The smallest absolute Gasteiger partial charge is 0.280 e. The zero-order valence-corrected chi connectivity index (χ0v) is 15.8. The molecule has 0 bridgehead atoms. The van der Waals surface area contributed by atoms with Crippen molar-refractivity contribution in [2.75, 3.05) is 10.7 Å². The van der Waals surface area contributed by atoms with E-state index < -0.39 is 0 Å². The van der Waals surface area contributed by atoms with Gasteiger partial charge in [-0.25, -0.2) is 9.55 Å². The lowest BCUT2D eigenvalue weighted by Gasteiger charge is -2.22. The van der Waals surface area contributed by atoms with Crippen LogP contribution in [0, 0.1) is 0 Å². The molecule has 0 saturated heterocycles. The number of para-hydroxylation sites is 4. The molecular weight excluding hydrogens is 354 g/mol. The maximum atomic E-state index is 13.1. The highest BCUT2D eigenvalue weighted by Gasteiger charge is 2.21. The molecule has 4 nitrogen and oxygen atoms in total. The molecule has 0 atom stereocenters. The largest absolute Gasteiger partial charge is 0.317 e. The normalized spacial score (nSPS) is 10.9. The number of amides is 1. The minimum Gasteiger partial charge on any atom is -0.280 e. The molecule has 1 aromatic heterocycles. The van der Waals surface area contributed by atoms with Crippen molar-refractivity contribution >= 4 is 40.1 Å². The first kappa shape index (κ1) is 17.4. The number of anilines is 2. The molecule has 0 aliphatic heterocycles. The predicted octanol–water partition coefficient (Wildman–Crippen LogP) is 4.45. The van der Waals surface area contributed by atoms with Crippen LogP contribution in [0.3, 0.4) is 0 Å². The Labute approximate surface area is 162 Å². The number of nitrogens with zero attached hydrogens (tertiary/aromatic N) is 2. The van der Waals surface area contributed by atoms with Gasteiger partial charge in [0.05, 0.1) is 12.8 Å². The molecule has 0 fully saturated rings. The molecule has 1 N–H and O–H groups in total. The second kappa shape index (κ2) is 7.68. The molecule has 0 aliphatic rings. The van der Waals surface area contributed by atoms with E-state index in [1.807, 2.05) is 85.9 Å². The lowest BCUT2D eigenvalue weighted by Crippen LogP contribution is -2.31. The number of thioether (sulfide) groups is 1. The molecule has 0 aliphatic carbocycles. The molecule has 3 aromatic carbocycles. The summed E-state index contributed by atoms with van der Waals surface area (Å²) < 4.78 is 2.09. The molecule has 0 radical (unpaired) electrons. The summed E-state index contributed by atoms with van der Waals surface area (Å²) in [5, 5.41) is 0.964. The number of H-pyrrole nitrogens is 1. The van der Waals surface area contributed by atoms with E-state index >= 15 is 0 Å². The van der Waals surface area contributed by atoms with Crippen LogP contribution >= 0.6 is 11.8 Å². The summed E-state index contributed by atoms with van der Waals surface area (Å²) in [4.78, 5) is 18.3. The minimum absolute atomic E-state index is 0.0380. The van der Waals surface area contributed by atoms with E-state index in [1.165, 1.54) is 11.8 Å². The SMILES string of the molecule is C[n+]1c(SCC(=O)N(c2ccccc2)c2ccccc2)[nH]c2ccccc21. The van der Waals surface area contributed by atoms with Crippen LogP contribution in [-0.4, -0.2) is 16.6 Å². The van der Waals surface area contributed by atoms with E-state index in [0.29, 0.717) is 5.75 Å². The second-order valence-corrected chi connectivity index (χ2v) is 7.16. The molecule has 0 spiro atoms. The van der Waals surface area contributed by atoms with Crippen LogP contribution in [0.25, 0.3) is 11.0 Å². The van der Waals surface area contributed by atoms with Crippen molar-refractivity contribution in [1.82, 2.24) is 4.98 Å². The van der Waals surface area contributed by atoms with Gasteiger partial charge in [0.1, 0.15) is 0 Å². The maximum absolute atomic E-state index is 13.1. The van der Waals surface area contributed by atoms with Crippen LogP contribution in [0.15, 0.2) is 90.1 Å². The van der Waals surface area contributed by atoms with Crippen LogP contribution in [0.5, 0.6) is 0 Å². The first-order valence-corrected chi connectivity index (χ1v) is 9.75. The average molecular weight is 374 g/mol. The van der Waals surface area contributed by atoms with Crippen molar-refractivity contribution in [3.05, 3.63) is 84.9 Å². The van der Waals surface area contributed by atoms with Gasteiger partial charge in [-0.05, 0) is 48.2 Å². The summed E-state index contributed by atoms with van der Waals surface area (Å²) >= 11 is 1.51. The van der Waals surface area contributed by atoms with Gasteiger partial charge in [-0.3, -0.25) is 9.69 Å². The summed E-state index contributed by atoms with van der Waals surface area (Å²) in [7, 11) is 2.01. The van der Waals surface area contributed by atoms with Gasteiger partial charge in [0.15, 0.2) is 11.0 Å². The maximum Gasteiger partial charge on any atom is 0.317 e. The summed E-state index contributed by atoms with van der Waals surface area (Å²) in [6, 6.07) is 27.7. The fourth-order valence-corrected chi connectivity index (χ4v) is 3.96. The predicted molar refractivity (Wildman–Crippen MR) is 110 cm³/mol. The molecule has 0 saturated carbocycles. The lowest BCUT2D eigenvalue weighted by molar-refractivity contribution is -0.683. The first-order chi connectivity index (χ1) is 13.2. The summed E-state index contributed by atoms with van der Waals surface area (Å²) in [6.45, 7) is 0. The second-order valence-electron chi connectivity index (χ2n) is 6.20. The van der Waals surface area contributed by atoms with Gasteiger partial charge in [0.25, 0.3) is 0 Å². The molecule has 27 heavy (non-hydrogen) atoms. The van der Waals surface area contributed by atoms with Crippen LogP contribution in [-0.2, 0) is 11.8 Å². The van der Waals surface area contributed by atoms with Crippen molar-refractivity contribution in [2.45, 2.75) is 5.16 Å². The molecule has 1 heterocycles. The van der Waals surface area contributed by atoms with Gasteiger partial charge in [0.2, 0.25) is 5.91 Å². The highest BCUT2D eigenvalue weighted by molar-refractivity contribution is 7.99. The number of aromatic amines is 1. The zero-order chi connectivity index (χ0) is 18.6. The third-order valence-corrected chi connectivity index (χ3v) is 5.46. The third-order valence-electron chi connectivity index (χ3n) is 4.42. The van der Waals surface area contributed by atoms with Crippen LogP contribution in [0.2, 0.25) is 0 Å². The number of nitrogens with one attached hydrogen (secondary N) is 1. The fourth-order valence-electron chi connectivity index (χ4n) is 3.10. The number of carbonyl (C=O) groups is 1. The van der Waals surface area contributed by atoms with Gasteiger partial charge in [-0.15, -0.1) is 0 Å². The highest BCUT2D eigenvalue weighted by Crippen LogP contribution is 2.27. The van der Waals surface area contributed by atoms with Crippen LogP contribution in [0.4, 0.5) is 11.4 Å². The monoisotopic (exact) mass is 374 g/mol. The molecule has 4 rings (SSSR count). The molecule has 1 amide bonds. The Bertz CT molecular complexity index is 1020.